The fourth-order valence-electron chi connectivity index (χ4n) is 0.964. The highest BCUT2D eigenvalue weighted by Crippen LogP contribution is 2.03. The molecule has 0 atom stereocenters. The van der Waals surface area contributed by atoms with Crippen molar-refractivity contribution in [3.63, 3.8) is 0 Å². The molecule has 0 amide bonds. The number of nitrogens with two attached hydrogens (primary N) is 1. The maximum Gasteiger partial charge on any atom is 0.145 e. The third-order valence-corrected chi connectivity index (χ3v) is 1.55. The van der Waals surface area contributed by atoms with Crippen molar-refractivity contribution in [3.8, 4) is 0 Å². The summed E-state index contributed by atoms with van der Waals surface area (Å²) in [7, 11) is 0. The van der Waals surface area contributed by atoms with E-state index in [2.05, 4.69) is 47.9 Å². The summed E-state index contributed by atoms with van der Waals surface area (Å²) in [4.78, 5) is 0. The number of hydrogen-bond donors (Lipinski definition) is 4. The third-order valence-electron chi connectivity index (χ3n) is 1.36. The van der Waals surface area contributed by atoms with Crippen LogP contribution >= 0.6 is 49.7 Å². The van der Waals surface area contributed by atoms with Gasteiger partial charge in [0.1, 0.15) is 8.64 Å². The first-order chi connectivity index (χ1) is 6.02. The van der Waals surface area contributed by atoms with Crippen LogP contribution in [0.5, 0.6) is 0 Å². The van der Waals surface area contributed by atoms with Crippen LogP contribution in [0.4, 0.5) is 0 Å². The van der Waals surface area contributed by atoms with Crippen molar-refractivity contribution in [2.75, 3.05) is 13.1 Å². The minimum atomic E-state index is 0.194. The molecular formula is C6H13N3S4. The second kappa shape index (κ2) is 7.81. The molecule has 1 aliphatic heterocycles. The van der Waals surface area contributed by atoms with Crippen LogP contribution in [0.3, 0.4) is 0 Å². The van der Waals surface area contributed by atoms with Crippen LogP contribution in [0.15, 0.2) is 0 Å². The van der Waals surface area contributed by atoms with Gasteiger partial charge in [0, 0.05) is 13.1 Å². The Kier molecular flexibility index (Phi) is 8.07. The van der Waals surface area contributed by atoms with E-state index >= 15 is 0 Å². The Balaban J connectivity index is 0.000000310. The summed E-state index contributed by atoms with van der Waals surface area (Å²) in [5, 5.41) is 2.09. The zero-order valence-electron chi connectivity index (χ0n) is 7.06. The highest BCUT2D eigenvalue weighted by molar-refractivity contribution is 8.11. The van der Waals surface area contributed by atoms with E-state index in [-0.39, 0.29) is 4.32 Å². The molecule has 0 aromatic heterocycles. The predicted octanol–water partition coefficient (Wildman–Crippen LogP) is 0.961. The molecule has 0 saturated carbocycles. The van der Waals surface area contributed by atoms with Gasteiger partial charge >= 0.3 is 0 Å². The zero-order valence-corrected chi connectivity index (χ0v) is 10.5. The van der Waals surface area contributed by atoms with Crippen LogP contribution in [0.2, 0.25) is 0 Å². The van der Waals surface area contributed by atoms with Gasteiger partial charge in [0.05, 0.1) is 0 Å². The van der Waals surface area contributed by atoms with Gasteiger partial charge in [-0.3, -0.25) is 0 Å². The molecule has 0 aliphatic carbocycles. The number of hydrogen-bond acceptors (Lipinski definition) is 3. The first-order valence-corrected chi connectivity index (χ1v) is 5.46. The molecule has 1 saturated heterocycles. The molecule has 0 aromatic rings. The number of thiol groups is 2. The van der Waals surface area contributed by atoms with Crippen LogP contribution in [0, 0.1) is 0 Å². The lowest BCUT2D eigenvalue weighted by Crippen LogP contribution is -2.36. The van der Waals surface area contributed by atoms with Gasteiger partial charge in [0.15, 0.2) is 0 Å². The first kappa shape index (κ1) is 13.4. The maximum absolute atomic E-state index is 4.74. The first-order valence-electron chi connectivity index (χ1n) is 3.75. The fraction of sp³-hybridized carbons (Fsp3) is 0.667. The summed E-state index contributed by atoms with van der Waals surface area (Å²) in [5.74, 6) is 0. The van der Waals surface area contributed by atoms with E-state index in [9.17, 15) is 0 Å². The van der Waals surface area contributed by atoms with E-state index in [0.717, 1.165) is 13.1 Å². The SMILES string of the molecule is NC(=S)S.S=C(S)NN1CCCC1. The minimum Gasteiger partial charge on any atom is -0.385 e. The summed E-state index contributed by atoms with van der Waals surface area (Å²) in [6.45, 7) is 2.20. The molecule has 3 nitrogen and oxygen atoms in total. The van der Waals surface area contributed by atoms with Crippen LogP contribution in [-0.2, 0) is 0 Å². The molecule has 1 rings (SSSR count). The Morgan fingerprint density at radius 1 is 1.23 bits per heavy atom. The second-order valence-corrected chi connectivity index (χ2v) is 4.83. The zero-order chi connectivity index (χ0) is 10.3. The van der Waals surface area contributed by atoms with E-state index in [1.807, 2.05) is 0 Å². The van der Waals surface area contributed by atoms with Crippen molar-refractivity contribution in [2.45, 2.75) is 12.8 Å². The largest absolute Gasteiger partial charge is 0.385 e. The van der Waals surface area contributed by atoms with E-state index in [1.165, 1.54) is 12.8 Å². The quantitative estimate of drug-likeness (QED) is 0.415. The minimum absolute atomic E-state index is 0.194. The van der Waals surface area contributed by atoms with E-state index in [1.54, 1.807) is 0 Å². The second-order valence-electron chi connectivity index (χ2n) is 2.45. The molecule has 0 unspecified atom stereocenters. The average Bonchev–Trinajstić information content (AvgIpc) is 2.36. The third kappa shape index (κ3) is 10.4. The molecule has 1 fully saturated rings. The maximum atomic E-state index is 4.74. The molecule has 0 radical (unpaired) electrons. The number of thiocarbonyl (C=S) groups is 2. The van der Waals surface area contributed by atoms with Crippen LogP contribution in [-0.4, -0.2) is 26.7 Å². The average molecular weight is 255 g/mol. The van der Waals surface area contributed by atoms with Crippen molar-refractivity contribution >= 4 is 58.3 Å². The molecule has 3 N–H and O–H groups in total. The Morgan fingerprint density at radius 3 is 1.92 bits per heavy atom. The van der Waals surface area contributed by atoms with Gasteiger partial charge < -0.3 is 11.2 Å². The lowest BCUT2D eigenvalue weighted by molar-refractivity contribution is 0.300. The summed E-state index contributed by atoms with van der Waals surface area (Å²) < 4.78 is 0.761. The predicted molar refractivity (Wildman–Crippen MR) is 71.3 cm³/mol. The van der Waals surface area contributed by atoms with Crippen molar-refractivity contribution < 1.29 is 0 Å². The van der Waals surface area contributed by atoms with E-state index in [4.69, 9.17) is 18.0 Å². The van der Waals surface area contributed by atoms with E-state index < -0.39 is 0 Å². The number of hydrazine groups is 1. The van der Waals surface area contributed by atoms with Crippen molar-refractivity contribution in [3.05, 3.63) is 0 Å². The Hall–Kier alpha value is 0.440. The number of rotatable bonds is 1. The standard InChI is InChI=1S/C5H10N2S2.CH3NS2/c8-5(9)6-7-3-1-2-4-7;2-1(3)4/h1-4H2,(H2,6,8,9);(H3,2,3,4). The molecule has 0 spiro atoms. The molecular weight excluding hydrogens is 242 g/mol. The topological polar surface area (TPSA) is 41.3 Å². The molecule has 1 heterocycles. The lowest BCUT2D eigenvalue weighted by Gasteiger charge is -2.14. The molecule has 7 heteroatoms. The van der Waals surface area contributed by atoms with Crippen LogP contribution < -0.4 is 11.2 Å². The molecule has 0 aromatic carbocycles. The van der Waals surface area contributed by atoms with E-state index in [0.29, 0.717) is 4.32 Å². The van der Waals surface area contributed by atoms with Gasteiger partial charge in [-0.1, -0.05) is 24.4 Å². The van der Waals surface area contributed by atoms with Gasteiger partial charge in [-0.2, -0.15) is 0 Å². The van der Waals surface area contributed by atoms with Crippen LogP contribution in [0.25, 0.3) is 0 Å². The van der Waals surface area contributed by atoms with Gasteiger partial charge in [0.25, 0.3) is 0 Å². The Morgan fingerprint density at radius 2 is 1.62 bits per heavy atom. The molecule has 1 aliphatic rings. The van der Waals surface area contributed by atoms with Gasteiger partial charge in [-0.25, -0.2) is 5.01 Å². The highest BCUT2D eigenvalue weighted by Gasteiger charge is 2.09. The summed E-state index contributed by atoms with van der Waals surface area (Å²) in [6, 6.07) is 0. The monoisotopic (exact) mass is 255 g/mol. The normalized spacial score (nSPS) is 15.8. The van der Waals surface area contributed by atoms with Crippen molar-refractivity contribution in [1.82, 2.24) is 10.4 Å². The Labute approximate surface area is 100 Å². The fourth-order valence-corrected chi connectivity index (χ4v) is 1.23. The number of nitrogens with zero attached hydrogens (tertiary/aromatic N) is 1. The lowest BCUT2D eigenvalue weighted by atomic mass is 10.4. The molecule has 0 bridgehead atoms. The summed E-state index contributed by atoms with van der Waals surface area (Å²) >= 11 is 16.3. The van der Waals surface area contributed by atoms with Gasteiger partial charge in [-0.15, -0.1) is 25.3 Å². The van der Waals surface area contributed by atoms with Gasteiger partial charge in [-0.05, 0) is 12.8 Å². The highest BCUT2D eigenvalue weighted by atomic mass is 32.1. The molecule has 13 heavy (non-hydrogen) atoms. The Bertz CT molecular complexity index is 175. The van der Waals surface area contributed by atoms with Crippen molar-refractivity contribution in [2.24, 2.45) is 5.73 Å². The van der Waals surface area contributed by atoms with Gasteiger partial charge in [0.2, 0.25) is 0 Å². The number of nitrogens with one attached hydrogen (secondary N) is 1. The molecule has 76 valence electrons. The van der Waals surface area contributed by atoms with Crippen molar-refractivity contribution in [1.29, 1.82) is 0 Å². The summed E-state index contributed by atoms with van der Waals surface area (Å²) in [5.41, 5.74) is 7.68. The van der Waals surface area contributed by atoms with Crippen LogP contribution in [0.1, 0.15) is 12.8 Å². The summed E-state index contributed by atoms with van der Waals surface area (Å²) in [6.07, 6.45) is 2.53. The smallest absolute Gasteiger partial charge is 0.145 e.